The summed E-state index contributed by atoms with van der Waals surface area (Å²) < 4.78 is 20.1. The van der Waals surface area contributed by atoms with Crippen LogP contribution in [0.1, 0.15) is 110 Å². The van der Waals surface area contributed by atoms with Crippen molar-refractivity contribution in [2.75, 3.05) is 6.61 Å². The van der Waals surface area contributed by atoms with Crippen molar-refractivity contribution in [2.24, 2.45) is 0 Å². The molecule has 1 aliphatic heterocycles. The molecule has 1 rings (SSSR count). The molecule has 1 heterocycles. The van der Waals surface area contributed by atoms with Gasteiger partial charge in [-0.15, -0.1) is 0 Å². The second kappa shape index (κ2) is 17.1. The predicted octanol–water partition coefficient (Wildman–Crippen LogP) is 5.56. The van der Waals surface area contributed by atoms with E-state index < -0.39 is 20.2 Å². The third kappa shape index (κ3) is 15.3. The molecule has 1 unspecified atom stereocenters. The highest BCUT2D eigenvalue weighted by molar-refractivity contribution is 7.46. The quantitative estimate of drug-likeness (QED) is 0.107. The van der Waals surface area contributed by atoms with E-state index in [0.717, 1.165) is 19.3 Å². The first-order valence-corrected chi connectivity index (χ1v) is 13.2. The Balaban J connectivity index is 1.81. The predicted molar refractivity (Wildman–Crippen MR) is 113 cm³/mol. The summed E-state index contributed by atoms with van der Waals surface area (Å²) >= 11 is 0. The highest BCUT2D eigenvalue weighted by atomic mass is 31.2. The molecule has 0 amide bonds. The standard InChI is InChI=1S/C21H41O8P/c1-2-3-4-5-6-7-8-9-10-11-12-13-14-15-16-17-20(22)26-18-19-21(28-27-19)29-30(23,24)25/h19,21H,2-18H2,1H3,(H2,23,24,25)/t19-,21?/m1/s1. The van der Waals surface area contributed by atoms with E-state index in [4.69, 9.17) is 14.5 Å². The molecule has 1 saturated heterocycles. The van der Waals surface area contributed by atoms with E-state index in [2.05, 4.69) is 21.2 Å². The van der Waals surface area contributed by atoms with E-state index >= 15 is 0 Å². The van der Waals surface area contributed by atoms with Crippen LogP contribution < -0.4 is 0 Å². The summed E-state index contributed by atoms with van der Waals surface area (Å²) in [6.07, 6.45) is 17.3. The molecule has 0 bridgehead atoms. The van der Waals surface area contributed by atoms with Gasteiger partial charge in [0.2, 0.25) is 6.29 Å². The van der Waals surface area contributed by atoms with Gasteiger partial charge in [-0.25, -0.2) is 14.3 Å². The Morgan fingerprint density at radius 2 is 1.27 bits per heavy atom. The SMILES string of the molecule is CCCCCCCCCCCCCCCCCC(=O)OC[C@H]1OOC1OP(=O)(O)O. The van der Waals surface area contributed by atoms with Crippen LogP contribution in [0.15, 0.2) is 0 Å². The molecule has 178 valence electrons. The molecule has 0 aromatic carbocycles. The van der Waals surface area contributed by atoms with Crippen LogP contribution in [0, 0.1) is 0 Å². The van der Waals surface area contributed by atoms with Crippen LogP contribution in [0.3, 0.4) is 0 Å². The van der Waals surface area contributed by atoms with Gasteiger partial charge in [0.1, 0.15) is 6.61 Å². The lowest BCUT2D eigenvalue weighted by Gasteiger charge is -2.33. The number of unbranched alkanes of at least 4 members (excludes halogenated alkanes) is 14. The largest absolute Gasteiger partial charge is 0.472 e. The van der Waals surface area contributed by atoms with E-state index in [1.807, 2.05) is 0 Å². The molecule has 0 aromatic heterocycles. The van der Waals surface area contributed by atoms with Gasteiger partial charge < -0.3 is 14.5 Å². The average Bonchev–Trinajstić information content (AvgIpc) is 2.68. The van der Waals surface area contributed by atoms with Gasteiger partial charge in [-0.3, -0.25) is 9.32 Å². The fourth-order valence-electron chi connectivity index (χ4n) is 3.39. The van der Waals surface area contributed by atoms with Gasteiger partial charge in [-0.1, -0.05) is 96.8 Å². The number of carbonyl (C=O) groups is 1. The number of phosphoric ester groups is 1. The lowest BCUT2D eigenvalue weighted by Crippen LogP contribution is -2.47. The zero-order valence-corrected chi connectivity index (χ0v) is 19.4. The zero-order chi connectivity index (χ0) is 22.1. The minimum atomic E-state index is -4.66. The van der Waals surface area contributed by atoms with E-state index in [0.29, 0.717) is 6.42 Å². The Morgan fingerprint density at radius 1 is 0.800 bits per heavy atom. The van der Waals surface area contributed by atoms with Crippen molar-refractivity contribution in [3.63, 3.8) is 0 Å². The molecule has 0 spiro atoms. The van der Waals surface area contributed by atoms with Gasteiger partial charge in [-0.05, 0) is 6.42 Å². The van der Waals surface area contributed by atoms with E-state index in [1.54, 1.807) is 0 Å². The average molecular weight is 453 g/mol. The molecule has 1 aliphatic rings. The van der Waals surface area contributed by atoms with Crippen molar-refractivity contribution in [3.8, 4) is 0 Å². The summed E-state index contributed by atoms with van der Waals surface area (Å²) in [7, 11) is -4.66. The van der Waals surface area contributed by atoms with Crippen molar-refractivity contribution in [1.29, 1.82) is 0 Å². The van der Waals surface area contributed by atoms with Crippen molar-refractivity contribution in [2.45, 2.75) is 122 Å². The number of hydrogen-bond donors (Lipinski definition) is 2. The second-order valence-corrected chi connectivity index (χ2v) is 9.27. The van der Waals surface area contributed by atoms with Crippen LogP contribution in [0.25, 0.3) is 0 Å². The number of esters is 1. The molecule has 0 aromatic rings. The number of hydrogen-bond acceptors (Lipinski definition) is 6. The maximum Gasteiger partial charge on any atom is 0.472 e. The minimum Gasteiger partial charge on any atom is -0.463 e. The van der Waals surface area contributed by atoms with Crippen LogP contribution in [-0.4, -0.2) is 34.8 Å². The summed E-state index contributed by atoms with van der Waals surface area (Å²) in [5.41, 5.74) is 0. The molecule has 9 heteroatoms. The first kappa shape index (κ1) is 27.5. The molecule has 8 nitrogen and oxygen atoms in total. The first-order valence-electron chi connectivity index (χ1n) is 11.6. The summed E-state index contributed by atoms with van der Waals surface area (Å²) in [5.74, 6) is -0.352. The van der Waals surface area contributed by atoms with Gasteiger partial charge in [0.25, 0.3) is 0 Å². The molecular formula is C21H41O8P. The Hall–Kier alpha value is -0.500. The van der Waals surface area contributed by atoms with E-state index in [1.165, 1.54) is 77.0 Å². The fraction of sp³-hybridized carbons (Fsp3) is 0.952. The minimum absolute atomic E-state index is 0.151. The van der Waals surface area contributed by atoms with Crippen LogP contribution in [0.4, 0.5) is 0 Å². The normalized spacial score (nSPS) is 18.9. The maximum absolute atomic E-state index is 11.7. The van der Waals surface area contributed by atoms with Gasteiger partial charge in [0.05, 0.1) is 0 Å². The van der Waals surface area contributed by atoms with Crippen LogP contribution in [-0.2, 0) is 28.4 Å². The van der Waals surface area contributed by atoms with Crippen molar-refractivity contribution >= 4 is 13.8 Å². The number of ether oxygens (including phenoxy) is 1. The Morgan fingerprint density at radius 3 is 1.67 bits per heavy atom. The van der Waals surface area contributed by atoms with Crippen molar-refractivity contribution < 1.29 is 38.2 Å². The molecule has 2 atom stereocenters. The lowest BCUT2D eigenvalue weighted by molar-refractivity contribution is -0.509. The van der Waals surface area contributed by atoms with Crippen molar-refractivity contribution in [3.05, 3.63) is 0 Å². The van der Waals surface area contributed by atoms with Crippen LogP contribution in [0.5, 0.6) is 0 Å². The molecule has 0 radical (unpaired) electrons. The van der Waals surface area contributed by atoms with Crippen LogP contribution >= 0.6 is 7.82 Å². The highest BCUT2D eigenvalue weighted by Gasteiger charge is 2.41. The molecule has 2 N–H and O–H groups in total. The summed E-state index contributed by atoms with van der Waals surface area (Å²) in [6, 6.07) is 0. The topological polar surface area (TPSA) is 112 Å². The lowest BCUT2D eigenvalue weighted by atomic mass is 10.0. The van der Waals surface area contributed by atoms with Gasteiger partial charge in [0, 0.05) is 6.42 Å². The fourth-order valence-corrected chi connectivity index (χ4v) is 3.84. The smallest absolute Gasteiger partial charge is 0.463 e. The second-order valence-electron chi connectivity index (χ2n) is 8.08. The van der Waals surface area contributed by atoms with Crippen molar-refractivity contribution in [1.82, 2.24) is 0 Å². The Kier molecular flexibility index (Phi) is 15.7. The highest BCUT2D eigenvalue weighted by Crippen LogP contribution is 2.41. The summed E-state index contributed by atoms with van der Waals surface area (Å²) in [6.45, 7) is 2.10. The third-order valence-corrected chi connectivity index (χ3v) is 5.69. The van der Waals surface area contributed by atoms with E-state index in [9.17, 15) is 9.36 Å². The van der Waals surface area contributed by atoms with Gasteiger partial charge >= 0.3 is 13.8 Å². The first-order chi connectivity index (χ1) is 14.4. The monoisotopic (exact) mass is 452 g/mol. The van der Waals surface area contributed by atoms with E-state index in [-0.39, 0.29) is 12.6 Å². The van der Waals surface area contributed by atoms with Gasteiger partial charge in [0.15, 0.2) is 6.10 Å². The Bertz CT molecular complexity index is 482. The third-order valence-electron chi connectivity index (χ3n) is 5.21. The molecule has 0 aliphatic carbocycles. The Labute approximate surface area is 181 Å². The number of carbonyl (C=O) groups excluding carboxylic acids is 1. The molecule has 1 fully saturated rings. The molecular weight excluding hydrogens is 411 g/mol. The molecule has 30 heavy (non-hydrogen) atoms. The molecule has 0 saturated carbocycles. The van der Waals surface area contributed by atoms with Crippen LogP contribution in [0.2, 0.25) is 0 Å². The number of phosphoric acid groups is 1. The maximum atomic E-state index is 11.7. The number of rotatable bonds is 20. The summed E-state index contributed by atoms with van der Waals surface area (Å²) in [5, 5.41) is 0. The zero-order valence-electron chi connectivity index (χ0n) is 18.5. The van der Waals surface area contributed by atoms with Gasteiger partial charge in [-0.2, -0.15) is 0 Å². The summed E-state index contributed by atoms with van der Waals surface area (Å²) in [4.78, 5) is 38.2.